The number of fused-ring (bicyclic) bond motifs is 2. The van der Waals surface area contributed by atoms with Gasteiger partial charge < -0.3 is 10.1 Å². The number of nitrogens with one attached hydrogen (secondary N) is 1. The van der Waals surface area contributed by atoms with Crippen LogP contribution in [0.1, 0.15) is 42.2 Å². The number of benzene rings is 3. The highest BCUT2D eigenvalue weighted by molar-refractivity contribution is 6.30. The zero-order valence-corrected chi connectivity index (χ0v) is 15.2. The molecule has 3 aromatic rings. The Balaban J connectivity index is 1.53. The van der Waals surface area contributed by atoms with E-state index < -0.39 is 18.5 Å². The van der Waals surface area contributed by atoms with E-state index in [1.54, 1.807) is 66.7 Å². The summed E-state index contributed by atoms with van der Waals surface area (Å²) in [5, 5.41) is 2.57. The molecule has 29 heavy (non-hydrogen) atoms. The van der Waals surface area contributed by atoms with Crippen molar-refractivity contribution >= 4 is 29.1 Å². The molecule has 4 rings (SSSR count). The van der Waals surface area contributed by atoms with E-state index >= 15 is 0 Å². The Kier molecular flexibility index (Phi) is 4.75. The van der Waals surface area contributed by atoms with Crippen LogP contribution < -0.4 is 5.32 Å². The van der Waals surface area contributed by atoms with Crippen LogP contribution in [0.2, 0.25) is 0 Å². The number of ether oxygens (including phenoxy) is 1. The minimum absolute atomic E-state index is 0.138. The summed E-state index contributed by atoms with van der Waals surface area (Å²) in [7, 11) is 0. The molecule has 6 heteroatoms. The van der Waals surface area contributed by atoms with Crippen LogP contribution in [-0.4, -0.2) is 30.0 Å². The van der Waals surface area contributed by atoms with Crippen LogP contribution in [0, 0.1) is 0 Å². The Morgan fingerprint density at radius 1 is 0.724 bits per heavy atom. The average Bonchev–Trinajstić information content (AvgIpc) is 2.76. The fourth-order valence-electron chi connectivity index (χ4n) is 3.22. The van der Waals surface area contributed by atoms with Crippen molar-refractivity contribution in [1.82, 2.24) is 0 Å². The van der Waals surface area contributed by atoms with Gasteiger partial charge in [-0.3, -0.25) is 14.4 Å². The molecule has 0 spiro atoms. The Morgan fingerprint density at radius 2 is 1.34 bits per heavy atom. The van der Waals surface area contributed by atoms with Gasteiger partial charge in [0, 0.05) is 16.7 Å². The Hall–Kier alpha value is -4.06. The van der Waals surface area contributed by atoms with Crippen molar-refractivity contribution in [3.05, 3.63) is 101 Å². The molecule has 0 aliphatic heterocycles. The van der Waals surface area contributed by atoms with Crippen LogP contribution in [0.4, 0.5) is 5.69 Å². The lowest BCUT2D eigenvalue weighted by Crippen LogP contribution is -2.26. The molecular formula is C23H15NO5. The number of carbonyl (C=O) groups excluding carboxylic acids is 4. The minimum Gasteiger partial charge on any atom is -0.452 e. The predicted molar refractivity (Wildman–Crippen MR) is 105 cm³/mol. The Labute approximate surface area is 166 Å². The summed E-state index contributed by atoms with van der Waals surface area (Å²) in [5.74, 6) is -1.85. The lowest BCUT2D eigenvalue weighted by molar-refractivity contribution is -0.119. The van der Waals surface area contributed by atoms with Crippen molar-refractivity contribution in [2.45, 2.75) is 0 Å². The molecule has 0 fully saturated rings. The van der Waals surface area contributed by atoms with Gasteiger partial charge in [0.15, 0.2) is 18.2 Å². The van der Waals surface area contributed by atoms with Crippen LogP contribution in [-0.2, 0) is 9.53 Å². The van der Waals surface area contributed by atoms with Gasteiger partial charge in [-0.05, 0) is 18.2 Å². The molecular weight excluding hydrogens is 370 g/mol. The van der Waals surface area contributed by atoms with Gasteiger partial charge in [-0.1, -0.05) is 54.6 Å². The topological polar surface area (TPSA) is 89.5 Å². The lowest BCUT2D eigenvalue weighted by atomic mass is 9.83. The normalized spacial score (nSPS) is 12.0. The van der Waals surface area contributed by atoms with Gasteiger partial charge in [0.1, 0.15) is 0 Å². The summed E-state index contributed by atoms with van der Waals surface area (Å²) >= 11 is 0. The molecule has 1 aliphatic carbocycles. The van der Waals surface area contributed by atoms with E-state index in [9.17, 15) is 19.2 Å². The molecule has 0 bridgehead atoms. The minimum atomic E-state index is -0.629. The molecule has 1 aliphatic rings. The maximum atomic E-state index is 12.9. The van der Waals surface area contributed by atoms with Crippen molar-refractivity contribution in [3.8, 4) is 0 Å². The smallest absolute Gasteiger partial charge is 0.338 e. The van der Waals surface area contributed by atoms with Gasteiger partial charge in [-0.25, -0.2) is 4.79 Å². The van der Waals surface area contributed by atoms with Gasteiger partial charge in [-0.15, -0.1) is 0 Å². The number of ketones is 2. The van der Waals surface area contributed by atoms with Gasteiger partial charge in [0.2, 0.25) is 0 Å². The quantitative estimate of drug-likeness (QED) is 0.545. The molecule has 1 amide bonds. The number of hydrogen-bond donors (Lipinski definition) is 1. The second kappa shape index (κ2) is 7.52. The van der Waals surface area contributed by atoms with Gasteiger partial charge in [0.05, 0.1) is 16.8 Å². The number of esters is 1. The summed E-state index contributed by atoms with van der Waals surface area (Å²) in [4.78, 5) is 49.9. The van der Waals surface area contributed by atoms with Crippen LogP contribution in [0.25, 0.3) is 0 Å². The molecule has 142 valence electrons. The highest BCUT2D eigenvalue weighted by Crippen LogP contribution is 2.31. The molecule has 0 unspecified atom stereocenters. The highest BCUT2D eigenvalue weighted by Gasteiger charge is 2.31. The molecule has 0 atom stereocenters. The summed E-state index contributed by atoms with van der Waals surface area (Å²) in [5.41, 5.74) is 1.53. The lowest BCUT2D eigenvalue weighted by Gasteiger charge is -2.20. The third-order valence-corrected chi connectivity index (χ3v) is 4.57. The zero-order chi connectivity index (χ0) is 20.4. The Bertz CT molecular complexity index is 1150. The van der Waals surface area contributed by atoms with Crippen LogP contribution in [0.15, 0.2) is 72.8 Å². The molecule has 0 saturated carbocycles. The number of hydrogen-bond acceptors (Lipinski definition) is 5. The third kappa shape index (κ3) is 3.43. The van der Waals surface area contributed by atoms with Gasteiger partial charge in [-0.2, -0.15) is 0 Å². The highest BCUT2D eigenvalue weighted by atomic mass is 16.5. The second-order valence-electron chi connectivity index (χ2n) is 6.42. The molecule has 6 nitrogen and oxygen atoms in total. The molecule has 0 saturated heterocycles. The van der Waals surface area contributed by atoms with E-state index in [0.717, 1.165) is 0 Å². The van der Waals surface area contributed by atoms with Crippen molar-refractivity contribution < 1.29 is 23.9 Å². The van der Waals surface area contributed by atoms with E-state index in [2.05, 4.69) is 5.32 Å². The van der Waals surface area contributed by atoms with Crippen LogP contribution in [0.3, 0.4) is 0 Å². The predicted octanol–water partition coefficient (Wildman–Crippen LogP) is 3.26. The van der Waals surface area contributed by atoms with E-state index in [-0.39, 0.29) is 28.4 Å². The zero-order valence-electron chi connectivity index (χ0n) is 15.2. The molecule has 0 heterocycles. The molecule has 0 radical (unpaired) electrons. The van der Waals surface area contributed by atoms with Crippen molar-refractivity contribution in [2.75, 3.05) is 11.9 Å². The average molecular weight is 385 g/mol. The van der Waals surface area contributed by atoms with Gasteiger partial charge >= 0.3 is 5.97 Å². The number of carbonyl (C=O) groups is 4. The largest absolute Gasteiger partial charge is 0.452 e. The number of amides is 1. The molecule has 1 N–H and O–H groups in total. The fourth-order valence-corrected chi connectivity index (χ4v) is 3.22. The fraction of sp³-hybridized carbons (Fsp3) is 0.0435. The maximum Gasteiger partial charge on any atom is 0.338 e. The van der Waals surface area contributed by atoms with Crippen LogP contribution >= 0.6 is 0 Å². The van der Waals surface area contributed by atoms with E-state index in [1.807, 2.05) is 0 Å². The summed E-state index contributed by atoms with van der Waals surface area (Å²) in [6.45, 7) is -0.518. The maximum absolute atomic E-state index is 12.9. The second-order valence-corrected chi connectivity index (χ2v) is 6.42. The first kappa shape index (κ1) is 18.3. The number of rotatable bonds is 4. The summed E-state index contributed by atoms with van der Waals surface area (Å²) < 4.78 is 5.01. The van der Waals surface area contributed by atoms with Crippen molar-refractivity contribution in [1.29, 1.82) is 0 Å². The third-order valence-electron chi connectivity index (χ3n) is 4.57. The standard InChI is InChI=1S/C23H15NO5/c25-19(13-29-23(28)14-7-2-1-3-8-14)24-18-12-6-11-17-20(18)22(27)16-10-5-4-9-15(16)21(17)26/h1-12H,13H2,(H,24,25). The Morgan fingerprint density at radius 3 is 2.07 bits per heavy atom. The first-order valence-corrected chi connectivity index (χ1v) is 8.89. The first-order chi connectivity index (χ1) is 14.1. The van der Waals surface area contributed by atoms with Crippen LogP contribution in [0.5, 0.6) is 0 Å². The van der Waals surface area contributed by atoms with Gasteiger partial charge in [0.25, 0.3) is 5.91 Å². The van der Waals surface area contributed by atoms with Crippen molar-refractivity contribution in [2.24, 2.45) is 0 Å². The number of anilines is 1. The summed E-state index contributed by atoms with van der Waals surface area (Å²) in [6.07, 6.45) is 0. The van der Waals surface area contributed by atoms with Crippen molar-refractivity contribution in [3.63, 3.8) is 0 Å². The SMILES string of the molecule is O=C(COC(=O)c1ccccc1)Nc1cccc2c1C(=O)c1ccccc1C2=O. The first-order valence-electron chi connectivity index (χ1n) is 8.89. The molecule has 0 aromatic heterocycles. The van der Waals surface area contributed by atoms with E-state index in [1.165, 1.54) is 6.07 Å². The van der Waals surface area contributed by atoms with E-state index in [0.29, 0.717) is 16.7 Å². The van der Waals surface area contributed by atoms with E-state index in [4.69, 9.17) is 4.74 Å². The summed E-state index contributed by atoms with van der Waals surface area (Å²) in [6, 6.07) is 19.5. The monoisotopic (exact) mass is 385 g/mol. The molecule has 3 aromatic carbocycles.